The number of ether oxygens (including phenoxy) is 1. The topological polar surface area (TPSA) is 58.6 Å². The molecule has 0 aromatic heterocycles. The molecule has 1 fully saturated rings. The second-order valence-electron chi connectivity index (χ2n) is 7.71. The molecule has 1 N–H and O–H groups in total. The van der Waals surface area contributed by atoms with Gasteiger partial charge in [0.05, 0.1) is 6.61 Å². The first-order chi connectivity index (χ1) is 11.3. The smallest absolute Gasteiger partial charge is 0.251 e. The van der Waals surface area contributed by atoms with Crippen LogP contribution in [0.3, 0.4) is 0 Å². The summed E-state index contributed by atoms with van der Waals surface area (Å²) in [6.45, 7) is 7.95. The molecule has 2 heterocycles. The van der Waals surface area contributed by atoms with Crippen molar-refractivity contribution in [2.75, 3.05) is 19.7 Å². The van der Waals surface area contributed by atoms with Crippen molar-refractivity contribution in [3.63, 3.8) is 0 Å². The molecule has 130 valence electrons. The Morgan fingerprint density at radius 2 is 1.92 bits per heavy atom. The first kappa shape index (κ1) is 16.8. The number of rotatable bonds is 2. The number of hydrogen-bond acceptors (Lipinski definition) is 3. The van der Waals surface area contributed by atoms with Crippen molar-refractivity contribution < 1.29 is 14.3 Å². The summed E-state index contributed by atoms with van der Waals surface area (Å²) in [7, 11) is 0. The molecule has 5 heteroatoms. The summed E-state index contributed by atoms with van der Waals surface area (Å²) in [6.07, 6.45) is 2.48. The monoisotopic (exact) mass is 330 g/mol. The van der Waals surface area contributed by atoms with Gasteiger partial charge in [-0.1, -0.05) is 20.8 Å². The van der Waals surface area contributed by atoms with E-state index in [0.29, 0.717) is 25.3 Å². The maximum atomic E-state index is 12.5. The fraction of sp³-hybridized carbons (Fsp3) is 0.579. The van der Waals surface area contributed by atoms with Gasteiger partial charge in [-0.25, -0.2) is 0 Å². The first-order valence-corrected chi connectivity index (χ1v) is 8.70. The van der Waals surface area contributed by atoms with Crippen LogP contribution in [0, 0.1) is 5.41 Å². The van der Waals surface area contributed by atoms with Gasteiger partial charge in [0, 0.05) is 36.5 Å². The molecular formula is C19H26N2O3. The van der Waals surface area contributed by atoms with Gasteiger partial charge in [-0.3, -0.25) is 9.59 Å². The lowest BCUT2D eigenvalue weighted by atomic mass is 9.93. The molecule has 0 unspecified atom stereocenters. The van der Waals surface area contributed by atoms with Gasteiger partial charge in [-0.05, 0) is 36.6 Å². The molecule has 3 rings (SSSR count). The Hall–Kier alpha value is -2.04. The summed E-state index contributed by atoms with van der Waals surface area (Å²) in [5.74, 6) is 1.04. The Bertz CT molecular complexity index is 641. The predicted octanol–water partition coefficient (Wildman–Crippen LogP) is 2.39. The van der Waals surface area contributed by atoms with E-state index in [2.05, 4.69) is 5.32 Å². The highest BCUT2D eigenvalue weighted by Crippen LogP contribution is 2.26. The molecule has 1 aromatic carbocycles. The van der Waals surface area contributed by atoms with Crippen LogP contribution in [0.5, 0.6) is 5.75 Å². The summed E-state index contributed by atoms with van der Waals surface area (Å²) < 4.78 is 5.48. The van der Waals surface area contributed by atoms with Crippen LogP contribution in [-0.4, -0.2) is 42.5 Å². The number of benzene rings is 1. The van der Waals surface area contributed by atoms with Crippen molar-refractivity contribution in [3.8, 4) is 5.75 Å². The first-order valence-electron chi connectivity index (χ1n) is 8.70. The number of carbonyl (C=O) groups excluding carboxylic acids is 2. The lowest BCUT2D eigenvalue weighted by Gasteiger charge is -2.36. The van der Waals surface area contributed by atoms with Crippen LogP contribution in [-0.2, 0) is 11.2 Å². The van der Waals surface area contributed by atoms with Gasteiger partial charge in [-0.2, -0.15) is 0 Å². The number of fused-ring (bicyclic) bond motifs is 1. The molecule has 0 spiro atoms. The average Bonchev–Trinajstić information content (AvgIpc) is 3.01. The highest BCUT2D eigenvalue weighted by atomic mass is 16.5. The average molecular weight is 330 g/mol. The number of nitrogens with one attached hydrogen (secondary N) is 1. The van der Waals surface area contributed by atoms with Gasteiger partial charge in [0.1, 0.15) is 5.75 Å². The SMILES string of the molecule is CC(C)(C)C(=O)N1CCC(NC(=O)c2ccc3c(c2)CCO3)CC1. The van der Waals surface area contributed by atoms with E-state index >= 15 is 0 Å². The molecule has 0 atom stereocenters. The third-order valence-corrected chi connectivity index (χ3v) is 4.71. The van der Waals surface area contributed by atoms with E-state index in [1.165, 1.54) is 0 Å². The molecule has 24 heavy (non-hydrogen) atoms. The maximum absolute atomic E-state index is 12.5. The molecule has 0 aliphatic carbocycles. The van der Waals surface area contributed by atoms with Crippen molar-refractivity contribution >= 4 is 11.8 Å². The zero-order chi connectivity index (χ0) is 17.3. The second-order valence-corrected chi connectivity index (χ2v) is 7.71. The Balaban J connectivity index is 1.54. The van der Waals surface area contributed by atoms with E-state index in [-0.39, 0.29) is 23.3 Å². The minimum absolute atomic E-state index is 0.0368. The fourth-order valence-electron chi connectivity index (χ4n) is 3.30. The van der Waals surface area contributed by atoms with Gasteiger partial charge in [-0.15, -0.1) is 0 Å². The Labute approximate surface area is 143 Å². The third kappa shape index (κ3) is 3.55. The summed E-state index contributed by atoms with van der Waals surface area (Å²) in [6, 6.07) is 5.75. The zero-order valence-electron chi connectivity index (χ0n) is 14.7. The minimum atomic E-state index is -0.345. The Morgan fingerprint density at radius 1 is 1.21 bits per heavy atom. The number of hydrogen-bond donors (Lipinski definition) is 1. The molecule has 2 aliphatic rings. The maximum Gasteiger partial charge on any atom is 0.251 e. The van der Waals surface area contributed by atoms with Gasteiger partial charge in [0.15, 0.2) is 0 Å². The molecule has 0 bridgehead atoms. The van der Waals surface area contributed by atoms with Crippen molar-refractivity contribution in [2.45, 2.75) is 46.1 Å². The van der Waals surface area contributed by atoms with E-state index in [4.69, 9.17) is 4.74 Å². The zero-order valence-corrected chi connectivity index (χ0v) is 14.7. The molecule has 2 amide bonds. The van der Waals surface area contributed by atoms with Crippen LogP contribution in [0.1, 0.15) is 49.5 Å². The molecular weight excluding hydrogens is 304 g/mol. The van der Waals surface area contributed by atoms with E-state index in [9.17, 15) is 9.59 Å². The number of likely N-dealkylation sites (tertiary alicyclic amines) is 1. The lowest BCUT2D eigenvalue weighted by Crippen LogP contribution is -2.49. The number of amides is 2. The molecule has 2 aliphatic heterocycles. The van der Waals surface area contributed by atoms with E-state index in [1.54, 1.807) is 0 Å². The van der Waals surface area contributed by atoms with Crippen LogP contribution in [0.15, 0.2) is 18.2 Å². The van der Waals surface area contributed by atoms with Gasteiger partial charge >= 0.3 is 0 Å². The highest BCUT2D eigenvalue weighted by molar-refractivity contribution is 5.94. The van der Waals surface area contributed by atoms with Crippen molar-refractivity contribution in [2.24, 2.45) is 5.41 Å². The van der Waals surface area contributed by atoms with Crippen molar-refractivity contribution in [3.05, 3.63) is 29.3 Å². The van der Waals surface area contributed by atoms with Crippen molar-refractivity contribution in [1.82, 2.24) is 10.2 Å². The molecule has 1 aromatic rings. The fourth-order valence-corrected chi connectivity index (χ4v) is 3.30. The summed E-state index contributed by atoms with van der Waals surface area (Å²) >= 11 is 0. The number of carbonyl (C=O) groups is 2. The van der Waals surface area contributed by atoms with Crippen molar-refractivity contribution in [1.29, 1.82) is 0 Å². The predicted molar refractivity (Wildman–Crippen MR) is 92.2 cm³/mol. The summed E-state index contributed by atoms with van der Waals surface area (Å²) in [4.78, 5) is 26.7. The quantitative estimate of drug-likeness (QED) is 0.906. The standard InChI is InChI=1S/C19H26N2O3/c1-19(2,3)18(23)21-9-6-15(7-10-21)20-17(22)14-4-5-16-13(12-14)8-11-24-16/h4-5,12,15H,6-11H2,1-3H3,(H,20,22). The molecule has 0 radical (unpaired) electrons. The third-order valence-electron chi connectivity index (χ3n) is 4.71. The van der Waals surface area contributed by atoms with Gasteiger partial charge < -0.3 is 15.0 Å². The normalized spacial score (nSPS) is 18.0. The van der Waals surface area contributed by atoms with Gasteiger partial charge in [0.2, 0.25) is 5.91 Å². The number of piperidine rings is 1. The summed E-state index contributed by atoms with van der Waals surface area (Å²) in [5, 5.41) is 3.11. The molecule has 5 nitrogen and oxygen atoms in total. The van der Waals surface area contributed by atoms with Crippen LogP contribution >= 0.6 is 0 Å². The highest BCUT2D eigenvalue weighted by Gasteiger charge is 2.30. The van der Waals surface area contributed by atoms with E-state index in [1.807, 2.05) is 43.9 Å². The number of nitrogens with zero attached hydrogens (tertiary/aromatic N) is 1. The summed E-state index contributed by atoms with van der Waals surface area (Å²) in [5.41, 5.74) is 1.45. The van der Waals surface area contributed by atoms with Crippen LogP contribution in [0.4, 0.5) is 0 Å². The Kier molecular flexibility index (Phi) is 4.52. The van der Waals surface area contributed by atoms with Gasteiger partial charge in [0.25, 0.3) is 5.91 Å². The lowest BCUT2D eigenvalue weighted by molar-refractivity contribution is -0.140. The van der Waals surface area contributed by atoms with Crippen LogP contribution in [0.2, 0.25) is 0 Å². The molecule has 1 saturated heterocycles. The minimum Gasteiger partial charge on any atom is -0.493 e. The molecule has 0 saturated carbocycles. The van der Waals surface area contributed by atoms with E-state index in [0.717, 1.165) is 30.6 Å². The second kappa shape index (κ2) is 6.46. The van der Waals surface area contributed by atoms with Crippen LogP contribution < -0.4 is 10.1 Å². The largest absolute Gasteiger partial charge is 0.493 e. The Morgan fingerprint density at radius 3 is 2.58 bits per heavy atom. The van der Waals surface area contributed by atoms with Crippen LogP contribution in [0.25, 0.3) is 0 Å². The van der Waals surface area contributed by atoms with E-state index < -0.39 is 0 Å².